The summed E-state index contributed by atoms with van der Waals surface area (Å²) in [5, 5.41) is 8.28. The van der Waals surface area contributed by atoms with E-state index in [1.165, 1.54) is 47.5 Å². The van der Waals surface area contributed by atoms with Crippen LogP contribution >= 0.6 is 11.6 Å². The van der Waals surface area contributed by atoms with Crippen molar-refractivity contribution in [2.24, 2.45) is 0 Å². The summed E-state index contributed by atoms with van der Waals surface area (Å²) < 4.78 is 4.93. The third-order valence-electron chi connectivity index (χ3n) is 5.11. The summed E-state index contributed by atoms with van der Waals surface area (Å²) in [6.07, 6.45) is 7.27. The van der Waals surface area contributed by atoms with Gasteiger partial charge in [0.15, 0.2) is 5.69 Å². The number of carboxylic acid groups (broad SMARTS) is 1. The SMILES string of the molecule is CC(=O)O.Cc1ccc(C[n+]2cc(-c3ccccc3)n3c2CCCCC3)c(Cl)c1. The maximum atomic E-state index is 9.00. The molecule has 4 nitrogen and oxygen atoms in total. The van der Waals surface area contributed by atoms with Crippen molar-refractivity contribution in [2.45, 2.75) is 52.6 Å². The highest BCUT2D eigenvalue weighted by atomic mass is 35.5. The summed E-state index contributed by atoms with van der Waals surface area (Å²) in [6.45, 7) is 5.11. The van der Waals surface area contributed by atoms with Gasteiger partial charge < -0.3 is 5.11 Å². The Morgan fingerprint density at radius 3 is 2.55 bits per heavy atom. The van der Waals surface area contributed by atoms with Crippen molar-refractivity contribution in [3.63, 3.8) is 0 Å². The second kappa shape index (κ2) is 9.75. The number of imidazole rings is 1. The Morgan fingerprint density at radius 2 is 1.86 bits per heavy atom. The molecule has 0 amide bonds. The van der Waals surface area contributed by atoms with Gasteiger partial charge in [-0.1, -0.05) is 54.1 Å². The van der Waals surface area contributed by atoms with E-state index in [2.05, 4.69) is 70.8 Å². The molecule has 0 radical (unpaired) electrons. The van der Waals surface area contributed by atoms with Gasteiger partial charge in [0, 0.05) is 29.5 Å². The van der Waals surface area contributed by atoms with Gasteiger partial charge in [0.2, 0.25) is 0 Å². The number of aliphatic carboxylic acids is 1. The molecule has 0 atom stereocenters. The first kappa shape index (κ1) is 21.1. The number of nitrogens with zero attached hydrogens (tertiary/aromatic N) is 2. The number of aromatic nitrogens is 2. The van der Waals surface area contributed by atoms with Gasteiger partial charge >= 0.3 is 0 Å². The highest BCUT2D eigenvalue weighted by Gasteiger charge is 2.26. The zero-order chi connectivity index (χ0) is 20.8. The van der Waals surface area contributed by atoms with Crippen molar-refractivity contribution < 1.29 is 14.5 Å². The summed E-state index contributed by atoms with van der Waals surface area (Å²) in [5.41, 5.74) is 5.01. The molecule has 5 heteroatoms. The molecule has 152 valence electrons. The Kier molecular flexibility index (Phi) is 7.10. The van der Waals surface area contributed by atoms with Crippen LogP contribution in [0.15, 0.2) is 54.7 Å². The smallest absolute Gasteiger partial charge is 0.300 e. The van der Waals surface area contributed by atoms with Gasteiger partial charge in [-0.05, 0) is 37.8 Å². The Balaban J connectivity index is 0.000000552. The average molecular weight is 412 g/mol. The minimum Gasteiger partial charge on any atom is -0.481 e. The highest BCUT2D eigenvalue weighted by Crippen LogP contribution is 2.25. The fourth-order valence-electron chi connectivity index (χ4n) is 3.78. The molecule has 1 N–H and O–H groups in total. The summed E-state index contributed by atoms with van der Waals surface area (Å²) in [4.78, 5) is 9.00. The predicted molar refractivity (Wildman–Crippen MR) is 116 cm³/mol. The van der Waals surface area contributed by atoms with Crippen molar-refractivity contribution in [3.05, 3.63) is 76.7 Å². The number of halogens is 1. The molecule has 0 fully saturated rings. The number of rotatable bonds is 3. The molecule has 3 aromatic rings. The molecule has 1 aliphatic heterocycles. The van der Waals surface area contributed by atoms with E-state index in [-0.39, 0.29) is 0 Å². The Hall–Kier alpha value is -2.59. The van der Waals surface area contributed by atoms with E-state index in [4.69, 9.17) is 21.5 Å². The largest absolute Gasteiger partial charge is 0.481 e. The number of carboxylic acids is 1. The topological polar surface area (TPSA) is 46.1 Å². The Labute approximate surface area is 177 Å². The van der Waals surface area contributed by atoms with Crippen LogP contribution in [0.3, 0.4) is 0 Å². The van der Waals surface area contributed by atoms with E-state index in [1.807, 2.05) is 0 Å². The van der Waals surface area contributed by atoms with E-state index in [1.54, 1.807) is 0 Å². The number of benzene rings is 2. The summed E-state index contributed by atoms with van der Waals surface area (Å²) in [7, 11) is 0. The van der Waals surface area contributed by atoms with Crippen molar-refractivity contribution in [3.8, 4) is 11.3 Å². The van der Waals surface area contributed by atoms with E-state index in [0.29, 0.717) is 0 Å². The molecule has 2 aromatic carbocycles. The van der Waals surface area contributed by atoms with Gasteiger partial charge in [0.05, 0.1) is 6.54 Å². The molecule has 2 heterocycles. The first-order valence-electron chi connectivity index (χ1n) is 10.1. The zero-order valence-corrected chi connectivity index (χ0v) is 17.8. The molecule has 4 rings (SSSR count). The number of hydrogen-bond donors (Lipinski definition) is 1. The maximum Gasteiger partial charge on any atom is 0.300 e. The van der Waals surface area contributed by atoms with Crippen LogP contribution in [-0.4, -0.2) is 15.6 Å². The van der Waals surface area contributed by atoms with Crippen LogP contribution in [0, 0.1) is 6.92 Å². The molecule has 0 bridgehead atoms. The second-order valence-corrected chi connectivity index (χ2v) is 7.91. The van der Waals surface area contributed by atoms with Crippen molar-refractivity contribution in [1.29, 1.82) is 0 Å². The predicted octanol–water partition coefficient (Wildman–Crippen LogP) is 5.27. The molecule has 1 aromatic heterocycles. The van der Waals surface area contributed by atoms with Crippen LogP contribution < -0.4 is 4.57 Å². The lowest BCUT2D eigenvalue weighted by molar-refractivity contribution is -0.695. The minimum absolute atomic E-state index is 0.833. The monoisotopic (exact) mass is 411 g/mol. The Bertz CT molecular complexity index is 976. The van der Waals surface area contributed by atoms with E-state index in [0.717, 1.165) is 31.5 Å². The van der Waals surface area contributed by atoms with Crippen LogP contribution in [-0.2, 0) is 24.3 Å². The number of carbonyl (C=O) groups is 1. The van der Waals surface area contributed by atoms with Gasteiger partial charge in [0.1, 0.15) is 12.7 Å². The summed E-state index contributed by atoms with van der Waals surface area (Å²) in [5.74, 6) is 0.591. The Morgan fingerprint density at radius 1 is 1.14 bits per heavy atom. The van der Waals surface area contributed by atoms with Gasteiger partial charge in [-0.25, -0.2) is 9.13 Å². The van der Waals surface area contributed by atoms with Crippen LogP contribution in [0.1, 0.15) is 43.1 Å². The molecule has 0 unspecified atom stereocenters. The molecular formula is C24H28ClN2O2+. The fraction of sp³-hybridized carbons (Fsp3) is 0.333. The van der Waals surface area contributed by atoms with Gasteiger partial charge in [-0.15, -0.1) is 0 Å². The van der Waals surface area contributed by atoms with Gasteiger partial charge in [0.25, 0.3) is 11.8 Å². The number of hydrogen-bond acceptors (Lipinski definition) is 1. The minimum atomic E-state index is -0.833. The van der Waals surface area contributed by atoms with Crippen LogP contribution in [0.4, 0.5) is 0 Å². The van der Waals surface area contributed by atoms with Gasteiger partial charge in [-0.2, -0.15) is 0 Å². The third-order valence-corrected chi connectivity index (χ3v) is 5.46. The first-order chi connectivity index (χ1) is 14.0. The summed E-state index contributed by atoms with van der Waals surface area (Å²) >= 11 is 6.50. The molecule has 0 saturated heterocycles. The quantitative estimate of drug-likeness (QED) is 0.596. The molecule has 0 saturated carbocycles. The average Bonchev–Trinajstić information content (AvgIpc) is 2.85. The summed E-state index contributed by atoms with van der Waals surface area (Å²) in [6, 6.07) is 17.1. The van der Waals surface area contributed by atoms with Gasteiger partial charge in [-0.3, -0.25) is 4.79 Å². The van der Waals surface area contributed by atoms with E-state index < -0.39 is 5.97 Å². The lowest BCUT2D eigenvalue weighted by Crippen LogP contribution is -2.37. The zero-order valence-electron chi connectivity index (χ0n) is 17.1. The first-order valence-corrected chi connectivity index (χ1v) is 10.5. The number of aryl methyl sites for hydroxylation is 1. The molecular weight excluding hydrogens is 384 g/mol. The normalized spacial score (nSPS) is 13.1. The second-order valence-electron chi connectivity index (χ2n) is 7.50. The third kappa shape index (κ3) is 5.48. The van der Waals surface area contributed by atoms with Crippen LogP contribution in [0.25, 0.3) is 11.3 Å². The molecule has 1 aliphatic rings. The van der Waals surface area contributed by atoms with Crippen LogP contribution in [0.2, 0.25) is 5.02 Å². The maximum absolute atomic E-state index is 9.00. The standard InChI is InChI=1S/C22H24ClN2.C2H4O2/c1-17-11-12-19(20(23)14-17)15-24-16-21(18-8-4-2-5-9-18)25-13-7-3-6-10-22(24)25;1-2(3)4/h2,4-5,8-9,11-12,14,16H,3,6-7,10,13,15H2,1H3;1H3,(H,3,4)/q+1;. The number of fused-ring (bicyclic) bond motifs is 1. The molecule has 0 aliphatic carbocycles. The molecule has 0 spiro atoms. The van der Waals surface area contributed by atoms with E-state index >= 15 is 0 Å². The van der Waals surface area contributed by atoms with E-state index in [9.17, 15) is 0 Å². The van der Waals surface area contributed by atoms with Crippen molar-refractivity contribution in [2.75, 3.05) is 0 Å². The lowest BCUT2D eigenvalue weighted by Gasteiger charge is -2.05. The van der Waals surface area contributed by atoms with Crippen LogP contribution in [0.5, 0.6) is 0 Å². The van der Waals surface area contributed by atoms with Crippen molar-refractivity contribution >= 4 is 17.6 Å². The fourth-order valence-corrected chi connectivity index (χ4v) is 4.08. The van der Waals surface area contributed by atoms with Crippen molar-refractivity contribution in [1.82, 2.24) is 4.57 Å². The lowest BCUT2D eigenvalue weighted by atomic mass is 10.1. The highest BCUT2D eigenvalue weighted by molar-refractivity contribution is 6.31. The molecule has 29 heavy (non-hydrogen) atoms.